The van der Waals surface area contributed by atoms with E-state index in [1.165, 1.54) is 32.1 Å². The second-order valence-corrected chi connectivity index (χ2v) is 4.70. The summed E-state index contributed by atoms with van der Waals surface area (Å²) < 4.78 is 1.65. The molecule has 0 aliphatic heterocycles. The van der Waals surface area contributed by atoms with Crippen molar-refractivity contribution in [1.82, 2.24) is 4.57 Å². The Kier molecular flexibility index (Phi) is 3.42. The minimum absolute atomic E-state index is 0.293. The van der Waals surface area contributed by atoms with Crippen molar-refractivity contribution in [2.45, 2.75) is 58.4 Å². The van der Waals surface area contributed by atoms with Gasteiger partial charge < -0.3 is 10.2 Å². The van der Waals surface area contributed by atoms with Gasteiger partial charge in [0.15, 0.2) is 11.8 Å². The molecule has 2 N–H and O–H groups in total. The summed E-state index contributed by atoms with van der Waals surface area (Å²) in [5, 5.41) is 19.4. The number of rotatable bonds is 7. The molecule has 16 heavy (non-hydrogen) atoms. The highest BCUT2D eigenvalue weighted by molar-refractivity contribution is 5.59. The molecule has 3 heteroatoms. The Morgan fingerprint density at radius 3 is 2.12 bits per heavy atom. The molecule has 90 valence electrons. The van der Waals surface area contributed by atoms with Gasteiger partial charge in [0.1, 0.15) is 0 Å². The molecular weight excluding hydrogens is 202 g/mol. The van der Waals surface area contributed by atoms with Gasteiger partial charge in [-0.2, -0.15) is 0 Å². The van der Waals surface area contributed by atoms with Crippen LogP contribution in [0.15, 0.2) is 0 Å². The summed E-state index contributed by atoms with van der Waals surface area (Å²) in [4.78, 5) is 0. The molecule has 0 fully saturated rings. The summed E-state index contributed by atoms with van der Waals surface area (Å²) in [6.45, 7) is 2.96. The Balaban J connectivity index is 1.70. The van der Waals surface area contributed by atoms with Gasteiger partial charge in [0.2, 0.25) is 0 Å². The molecule has 0 spiro atoms. The molecule has 1 aromatic heterocycles. The zero-order valence-electron chi connectivity index (χ0n) is 10.00. The number of unbranched alkanes of at least 4 members (excludes halogenated alkanes) is 5. The predicted octanol–water partition coefficient (Wildman–Crippen LogP) is 3.16. The topological polar surface area (TPSA) is 45.4 Å². The lowest BCUT2D eigenvalue weighted by molar-refractivity contribution is 0.355. The first kappa shape index (κ1) is 11.4. The maximum Gasteiger partial charge on any atom is 0.197 e. The third-order valence-corrected chi connectivity index (χ3v) is 3.38. The van der Waals surface area contributed by atoms with Crippen molar-refractivity contribution in [3.63, 3.8) is 0 Å². The van der Waals surface area contributed by atoms with Crippen LogP contribution in [0.1, 0.15) is 56.6 Å². The smallest absolute Gasteiger partial charge is 0.197 e. The number of aromatic nitrogens is 1. The lowest BCUT2D eigenvalue weighted by atomic mass is 10.1. The molecule has 0 radical (unpaired) electrons. The predicted molar refractivity (Wildman–Crippen MR) is 63.9 cm³/mol. The fourth-order valence-corrected chi connectivity index (χ4v) is 2.25. The molecule has 1 aliphatic rings. The van der Waals surface area contributed by atoms with Crippen molar-refractivity contribution in [3.8, 4) is 11.8 Å². The maximum atomic E-state index is 9.71. The first-order valence-electron chi connectivity index (χ1n) is 6.37. The van der Waals surface area contributed by atoms with Crippen molar-refractivity contribution in [2.75, 3.05) is 0 Å². The molecule has 2 rings (SSSR count). The van der Waals surface area contributed by atoms with Gasteiger partial charge in [0.25, 0.3) is 0 Å². The van der Waals surface area contributed by atoms with E-state index in [0.717, 1.165) is 30.5 Å². The van der Waals surface area contributed by atoms with Gasteiger partial charge in [0.05, 0.1) is 0 Å². The molecule has 1 aliphatic carbocycles. The number of nitrogens with zero attached hydrogens (tertiary/aromatic N) is 1. The molecular formula is C13H21NO2. The largest absolute Gasteiger partial charge is 0.494 e. The van der Waals surface area contributed by atoms with Crippen molar-refractivity contribution in [1.29, 1.82) is 0 Å². The van der Waals surface area contributed by atoms with Crippen molar-refractivity contribution >= 4 is 0 Å². The Morgan fingerprint density at radius 1 is 0.938 bits per heavy atom. The molecule has 0 saturated carbocycles. The van der Waals surface area contributed by atoms with E-state index in [2.05, 4.69) is 6.92 Å². The fraction of sp³-hybridized carbons (Fsp3) is 0.692. The summed E-state index contributed by atoms with van der Waals surface area (Å²) in [5.74, 6) is 0.585. The third-order valence-electron chi connectivity index (χ3n) is 3.38. The van der Waals surface area contributed by atoms with Crippen LogP contribution in [0.4, 0.5) is 0 Å². The molecule has 0 amide bonds. The molecule has 1 aromatic rings. The minimum Gasteiger partial charge on any atom is -0.494 e. The van der Waals surface area contributed by atoms with Crippen LogP contribution < -0.4 is 0 Å². The standard InChI is InChI=1S/C13H21NO2/c1-2-3-4-5-6-7-8-14-12(15)10-9-11(10)13(14)16/h15-16H,2-9H2,1H3. The van der Waals surface area contributed by atoms with Gasteiger partial charge in [-0.05, 0) is 6.42 Å². The van der Waals surface area contributed by atoms with E-state index in [0.29, 0.717) is 11.8 Å². The monoisotopic (exact) mass is 223 g/mol. The molecule has 0 atom stereocenters. The van der Waals surface area contributed by atoms with Crippen LogP contribution in [-0.2, 0) is 13.0 Å². The lowest BCUT2D eigenvalue weighted by Gasteiger charge is -2.08. The van der Waals surface area contributed by atoms with Crippen LogP contribution in [0.2, 0.25) is 0 Å². The summed E-state index contributed by atoms with van der Waals surface area (Å²) in [6, 6.07) is 0. The molecule has 1 heterocycles. The van der Waals surface area contributed by atoms with Crippen LogP contribution >= 0.6 is 0 Å². The molecule has 0 bridgehead atoms. The van der Waals surface area contributed by atoms with E-state index in [9.17, 15) is 10.2 Å². The Bertz CT molecular complexity index is 343. The van der Waals surface area contributed by atoms with Gasteiger partial charge >= 0.3 is 0 Å². The Morgan fingerprint density at radius 2 is 1.50 bits per heavy atom. The maximum absolute atomic E-state index is 9.71. The van der Waals surface area contributed by atoms with E-state index in [1.54, 1.807) is 4.57 Å². The van der Waals surface area contributed by atoms with Crippen LogP contribution in [-0.4, -0.2) is 14.8 Å². The SMILES string of the molecule is CCCCCCCCn1c(O)c2c(c1O)C2. The molecule has 0 saturated heterocycles. The van der Waals surface area contributed by atoms with Gasteiger partial charge in [-0.3, -0.25) is 4.57 Å². The quantitative estimate of drug-likeness (QED) is 0.708. The van der Waals surface area contributed by atoms with Gasteiger partial charge in [-0.15, -0.1) is 0 Å². The summed E-state index contributed by atoms with van der Waals surface area (Å²) in [6.07, 6.45) is 8.15. The number of hydrogen-bond donors (Lipinski definition) is 2. The van der Waals surface area contributed by atoms with Crippen molar-refractivity contribution in [2.24, 2.45) is 0 Å². The van der Waals surface area contributed by atoms with Crippen molar-refractivity contribution < 1.29 is 10.2 Å². The molecule has 3 nitrogen and oxygen atoms in total. The van der Waals surface area contributed by atoms with Crippen LogP contribution in [0, 0.1) is 0 Å². The number of fused-ring (bicyclic) bond motifs is 1. The summed E-state index contributed by atoms with van der Waals surface area (Å²) in [5.41, 5.74) is 1.90. The van der Waals surface area contributed by atoms with Crippen LogP contribution in [0.5, 0.6) is 11.8 Å². The van der Waals surface area contributed by atoms with Crippen molar-refractivity contribution in [3.05, 3.63) is 11.1 Å². The van der Waals surface area contributed by atoms with E-state index in [-0.39, 0.29) is 0 Å². The van der Waals surface area contributed by atoms with E-state index in [4.69, 9.17) is 0 Å². The lowest BCUT2D eigenvalue weighted by Crippen LogP contribution is -1.98. The molecule has 0 unspecified atom stereocenters. The van der Waals surface area contributed by atoms with Crippen LogP contribution in [0.25, 0.3) is 0 Å². The number of hydrogen-bond acceptors (Lipinski definition) is 2. The normalized spacial score (nSPS) is 12.8. The zero-order valence-corrected chi connectivity index (χ0v) is 10.00. The van der Waals surface area contributed by atoms with Gasteiger partial charge in [-0.1, -0.05) is 39.0 Å². The van der Waals surface area contributed by atoms with Gasteiger partial charge in [-0.25, -0.2) is 0 Å². The first-order chi connectivity index (χ1) is 7.75. The minimum atomic E-state index is 0.293. The zero-order chi connectivity index (χ0) is 11.5. The Labute approximate surface area is 96.7 Å². The van der Waals surface area contributed by atoms with E-state index in [1.807, 2.05) is 0 Å². The summed E-state index contributed by atoms with van der Waals surface area (Å²) >= 11 is 0. The third kappa shape index (κ3) is 2.18. The van der Waals surface area contributed by atoms with E-state index >= 15 is 0 Å². The first-order valence-corrected chi connectivity index (χ1v) is 6.37. The average Bonchev–Trinajstić information content (AvgIpc) is 3.02. The number of aromatic hydroxyl groups is 2. The van der Waals surface area contributed by atoms with Crippen LogP contribution in [0.3, 0.4) is 0 Å². The highest BCUT2D eigenvalue weighted by Crippen LogP contribution is 2.46. The summed E-state index contributed by atoms with van der Waals surface area (Å²) in [7, 11) is 0. The molecule has 0 aromatic carbocycles. The van der Waals surface area contributed by atoms with E-state index < -0.39 is 0 Å². The van der Waals surface area contributed by atoms with Gasteiger partial charge in [0, 0.05) is 24.1 Å². The second kappa shape index (κ2) is 4.81. The highest BCUT2D eigenvalue weighted by Gasteiger charge is 2.32. The second-order valence-electron chi connectivity index (χ2n) is 4.70. The Hall–Kier alpha value is -1.12. The highest BCUT2D eigenvalue weighted by atomic mass is 16.3. The fourth-order valence-electron chi connectivity index (χ4n) is 2.25. The average molecular weight is 223 g/mol.